The van der Waals surface area contributed by atoms with Crippen molar-refractivity contribution in [3.05, 3.63) is 64.2 Å². The first-order valence-corrected chi connectivity index (χ1v) is 9.15. The van der Waals surface area contributed by atoms with E-state index in [9.17, 15) is 9.59 Å². The molecule has 2 aromatic rings. The van der Waals surface area contributed by atoms with Crippen LogP contribution in [0.2, 0.25) is 5.02 Å². The molecule has 0 saturated heterocycles. The second kappa shape index (κ2) is 9.42. The summed E-state index contributed by atoms with van der Waals surface area (Å²) < 4.78 is 5.66. The number of nitrogens with zero attached hydrogens (tertiary/aromatic N) is 1. The summed E-state index contributed by atoms with van der Waals surface area (Å²) >= 11 is 6.23. The van der Waals surface area contributed by atoms with Gasteiger partial charge in [0.2, 0.25) is 5.91 Å². The zero-order valence-corrected chi connectivity index (χ0v) is 16.8. The summed E-state index contributed by atoms with van der Waals surface area (Å²) in [6.45, 7) is 5.75. The molecule has 144 valence electrons. The van der Waals surface area contributed by atoms with E-state index in [2.05, 4.69) is 5.32 Å². The van der Waals surface area contributed by atoms with Crippen LogP contribution in [0.5, 0.6) is 5.75 Å². The summed E-state index contributed by atoms with van der Waals surface area (Å²) in [5, 5.41) is 3.13. The molecule has 0 unspecified atom stereocenters. The van der Waals surface area contributed by atoms with E-state index in [0.717, 1.165) is 16.7 Å². The number of likely N-dealkylation sites (N-methyl/N-ethyl adjacent to an activating group) is 1. The molecule has 0 aromatic heterocycles. The molecule has 2 amide bonds. The molecule has 0 fully saturated rings. The van der Waals surface area contributed by atoms with E-state index >= 15 is 0 Å². The van der Waals surface area contributed by atoms with Crippen molar-refractivity contribution in [2.45, 2.75) is 33.4 Å². The van der Waals surface area contributed by atoms with Gasteiger partial charge in [0.15, 0.2) is 6.61 Å². The van der Waals surface area contributed by atoms with Crippen LogP contribution in [0.15, 0.2) is 42.5 Å². The third-order valence-corrected chi connectivity index (χ3v) is 4.92. The number of carbonyl (C=O) groups is 2. The lowest BCUT2D eigenvalue weighted by Crippen LogP contribution is -2.48. The fourth-order valence-corrected chi connectivity index (χ4v) is 2.83. The van der Waals surface area contributed by atoms with Gasteiger partial charge >= 0.3 is 0 Å². The van der Waals surface area contributed by atoms with E-state index in [1.807, 2.05) is 50.2 Å². The molecule has 1 N–H and O–H groups in total. The molecule has 0 aliphatic carbocycles. The molecule has 27 heavy (non-hydrogen) atoms. The zero-order chi connectivity index (χ0) is 20.0. The first kappa shape index (κ1) is 20.8. The van der Waals surface area contributed by atoms with Gasteiger partial charge in [-0.15, -0.1) is 0 Å². The van der Waals surface area contributed by atoms with Crippen molar-refractivity contribution in [2.75, 3.05) is 13.7 Å². The van der Waals surface area contributed by atoms with E-state index in [0.29, 0.717) is 10.8 Å². The maximum atomic E-state index is 12.8. The number of carbonyl (C=O) groups excluding carboxylic acids is 2. The highest BCUT2D eigenvalue weighted by molar-refractivity contribution is 6.31. The Morgan fingerprint density at radius 3 is 2.48 bits per heavy atom. The van der Waals surface area contributed by atoms with Crippen molar-refractivity contribution in [1.29, 1.82) is 0 Å². The Bertz CT molecular complexity index is 823. The topological polar surface area (TPSA) is 58.6 Å². The first-order valence-electron chi connectivity index (χ1n) is 8.78. The van der Waals surface area contributed by atoms with Crippen LogP contribution in [-0.4, -0.2) is 36.4 Å². The lowest BCUT2D eigenvalue weighted by molar-refractivity contribution is -0.142. The average Bonchev–Trinajstić information content (AvgIpc) is 2.66. The molecule has 0 aliphatic rings. The Morgan fingerprint density at radius 2 is 1.85 bits per heavy atom. The van der Waals surface area contributed by atoms with Crippen molar-refractivity contribution >= 4 is 23.4 Å². The van der Waals surface area contributed by atoms with Crippen LogP contribution in [0.3, 0.4) is 0 Å². The third-order valence-electron chi connectivity index (χ3n) is 4.55. The van der Waals surface area contributed by atoms with Crippen molar-refractivity contribution in [2.24, 2.45) is 0 Å². The third kappa shape index (κ3) is 5.47. The van der Waals surface area contributed by atoms with E-state index in [1.165, 1.54) is 4.90 Å². The van der Waals surface area contributed by atoms with Gasteiger partial charge in [0.25, 0.3) is 5.91 Å². The number of halogens is 1. The fourth-order valence-electron chi connectivity index (χ4n) is 2.63. The monoisotopic (exact) mass is 388 g/mol. The fraction of sp³-hybridized carbons (Fsp3) is 0.333. The Hall–Kier alpha value is -2.53. The minimum atomic E-state index is -0.651. The summed E-state index contributed by atoms with van der Waals surface area (Å²) in [7, 11) is 1.54. The van der Waals surface area contributed by atoms with Crippen LogP contribution >= 0.6 is 11.6 Å². The quantitative estimate of drug-likeness (QED) is 0.789. The number of nitrogens with one attached hydrogen (secondary N) is 1. The van der Waals surface area contributed by atoms with Gasteiger partial charge in [0.05, 0.1) is 0 Å². The number of rotatable bonds is 7. The second-order valence-electron chi connectivity index (χ2n) is 6.44. The first-order chi connectivity index (χ1) is 12.8. The van der Waals surface area contributed by atoms with Gasteiger partial charge in [-0.3, -0.25) is 9.59 Å². The van der Waals surface area contributed by atoms with Crippen LogP contribution < -0.4 is 10.1 Å². The van der Waals surface area contributed by atoms with E-state index < -0.39 is 6.04 Å². The maximum absolute atomic E-state index is 12.8. The van der Waals surface area contributed by atoms with E-state index in [-0.39, 0.29) is 25.0 Å². The second-order valence-corrected chi connectivity index (χ2v) is 6.85. The summed E-state index contributed by atoms with van der Waals surface area (Å²) in [5.74, 6) is 0.0857. The van der Waals surface area contributed by atoms with Crippen molar-refractivity contribution in [3.63, 3.8) is 0 Å². The molecule has 5 nitrogen and oxygen atoms in total. The lowest BCUT2D eigenvalue weighted by atomic mass is 10.1. The Kier molecular flexibility index (Phi) is 7.25. The van der Waals surface area contributed by atoms with Gasteiger partial charge in [0.1, 0.15) is 11.8 Å². The molecule has 6 heteroatoms. The maximum Gasteiger partial charge on any atom is 0.261 e. The molecule has 0 heterocycles. The number of aryl methyl sites for hydroxylation is 2. The normalized spacial score (nSPS) is 11.6. The van der Waals surface area contributed by atoms with Gasteiger partial charge in [-0.2, -0.15) is 0 Å². The molecular formula is C21H25ClN2O3. The number of hydrogen-bond acceptors (Lipinski definition) is 3. The summed E-state index contributed by atoms with van der Waals surface area (Å²) in [5.41, 5.74) is 3.02. The van der Waals surface area contributed by atoms with Gasteiger partial charge < -0.3 is 15.0 Å². The predicted molar refractivity (Wildman–Crippen MR) is 107 cm³/mol. The molecule has 0 saturated carbocycles. The predicted octanol–water partition coefficient (Wildman–Crippen LogP) is 3.50. The van der Waals surface area contributed by atoms with Crippen molar-refractivity contribution < 1.29 is 14.3 Å². The molecule has 0 aliphatic heterocycles. The van der Waals surface area contributed by atoms with Crippen LogP contribution in [0.4, 0.5) is 0 Å². The smallest absolute Gasteiger partial charge is 0.261 e. The van der Waals surface area contributed by atoms with Crippen LogP contribution in [-0.2, 0) is 16.1 Å². The Morgan fingerprint density at radius 1 is 1.15 bits per heavy atom. The minimum Gasteiger partial charge on any atom is -0.484 e. The molecule has 0 bridgehead atoms. The molecule has 1 atom stereocenters. The Balaban J connectivity index is 2.16. The summed E-state index contributed by atoms with van der Waals surface area (Å²) in [4.78, 5) is 26.4. The minimum absolute atomic E-state index is 0.158. The summed E-state index contributed by atoms with van der Waals surface area (Å²) in [6, 6.07) is 12.3. The van der Waals surface area contributed by atoms with E-state index in [1.54, 1.807) is 20.0 Å². The highest BCUT2D eigenvalue weighted by atomic mass is 35.5. The molecule has 0 spiro atoms. The number of ether oxygens (including phenoxy) is 1. The van der Waals surface area contributed by atoms with Crippen LogP contribution in [0.25, 0.3) is 0 Å². The molecular weight excluding hydrogens is 364 g/mol. The van der Waals surface area contributed by atoms with Gasteiger partial charge in [0, 0.05) is 18.6 Å². The van der Waals surface area contributed by atoms with Gasteiger partial charge in [-0.25, -0.2) is 0 Å². The highest BCUT2D eigenvalue weighted by Gasteiger charge is 2.26. The largest absolute Gasteiger partial charge is 0.484 e. The summed E-state index contributed by atoms with van der Waals surface area (Å²) in [6.07, 6.45) is 0. The van der Waals surface area contributed by atoms with Crippen LogP contribution in [0.1, 0.15) is 23.6 Å². The Labute approximate surface area is 165 Å². The molecule has 0 radical (unpaired) electrons. The highest BCUT2D eigenvalue weighted by Crippen LogP contribution is 2.20. The number of benzene rings is 2. The molecule has 2 rings (SSSR count). The van der Waals surface area contributed by atoms with Crippen molar-refractivity contribution in [3.8, 4) is 5.75 Å². The average molecular weight is 389 g/mol. The molecule has 2 aromatic carbocycles. The van der Waals surface area contributed by atoms with Crippen LogP contribution in [0, 0.1) is 13.8 Å². The standard InChI is InChI=1S/C21H25ClN2O3/c1-14-9-10-18(11-15(14)2)27-13-20(25)24(16(3)21(26)23-4)12-17-7-5-6-8-19(17)22/h5-11,16H,12-13H2,1-4H3,(H,23,26)/t16-/m1/s1. The zero-order valence-electron chi connectivity index (χ0n) is 16.1. The number of amides is 2. The van der Waals surface area contributed by atoms with Crippen molar-refractivity contribution in [1.82, 2.24) is 10.2 Å². The SMILES string of the molecule is CNC(=O)[C@@H](C)N(Cc1ccccc1Cl)C(=O)COc1ccc(C)c(C)c1. The van der Waals surface area contributed by atoms with Gasteiger partial charge in [-0.1, -0.05) is 35.9 Å². The number of hydrogen-bond donors (Lipinski definition) is 1. The van der Waals surface area contributed by atoms with E-state index in [4.69, 9.17) is 16.3 Å². The van der Waals surface area contributed by atoms with Gasteiger partial charge in [-0.05, 0) is 55.7 Å². The lowest BCUT2D eigenvalue weighted by Gasteiger charge is -2.28.